The van der Waals surface area contributed by atoms with Crippen LogP contribution < -0.4 is 0 Å². The molecule has 0 atom stereocenters. The Hall–Kier alpha value is -1.20. The average Bonchev–Trinajstić information content (AvgIpc) is 2.56. The standard InChI is InChI=1S/C11H16N2O2S/c1-4-8-9(5-6-11(14)15)16-10(12-8)7-13(2)3/h5-6H,4,7H2,1-3H3,(H,14,15)/b6-5+. The molecule has 0 saturated carbocycles. The van der Waals surface area contributed by atoms with Crippen molar-refractivity contribution in [2.45, 2.75) is 19.9 Å². The molecule has 0 bridgehead atoms. The van der Waals surface area contributed by atoms with E-state index in [9.17, 15) is 4.79 Å². The fourth-order valence-electron chi connectivity index (χ4n) is 1.28. The molecule has 16 heavy (non-hydrogen) atoms. The second-order valence-corrected chi connectivity index (χ2v) is 4.80. The molecule has 88 valence electrons. The third-order valence-electron chi connectivity index (χ3n) is 1.94. The number of nitrogens with zero attached hydrogens (tertiary/aromatic N) is 2. The molecular formula is C11H16N2O2S. The molecule has 1 rings (SSSR count). The van der Waals surface area contributed by atoms with E-state index >= 15 is 0 Å². The Balaban J connectivity index is 2.90. The Morgan fingerprint density at radius 3 is 2.75 bits per heavy atom. The summed E-state index contributed by atoms with van der Waals surface area (Å²) in [5, 5.41) is 9.60. The summed E-state index contributed by atoms with van der Waals surface area (Å²) >= 11 is 1.55. The molecular weight excluding hydrogens is 224 g/mol. The van der Waals surface area contributed by atoms with Gasteiger partial charge in [0.1, 0.15) is 5.01 Å². The van der Waals surface area contributed by atoms with E-state index in [-0.39, 0.29) is 0 Å². The predicted octanol–water partition coefficient (Wildman–Crippen LogP) is 1.86. The van der Waals surface area contributed by atoms with Gasteiger partial charge in [-0.2, -0.15) is 0 Å². The lowest BCUT2D eigenvalue weighted by Crippen LogP contribution is -2.10. The quantitative estimate of drug-likeness (QED) is 0.798. The number of carboxylic acids is 1. The fourth-order valence-corrected chi connectivity index (χ4v) is 2.46. The number of carbonyl (C=O) groups is 1. The van der Waals surface area contributed by atoms with E-state index in [0.29, 0.717) is 0 Å². The van der Waals surface area contributed by atoms with Gasteiger partial charge in [-0.25, -0.2) is 9.78 Å². The van der Waals surface area contributed by atoms with Gasteiger partial charge in [0.05, 0.1) is 10.6 Å². The highest BCUT2D eigenvalue weighted by molar-refractivity contribution is 7.12. The van der Waals surface area contributed by atoms with Crippen LogP contribution in [0.2, 0.25) is 0 Å². The topological polar surface area (TPSA) is 53.4 Å². The van der Waals surface area contributed by atoms with Gasteiger partial charge in [-0.15, -0.1) is 11.3 Å². The van der Waals surface area contributed by atoms with Crippen LogP contribution in [0, 0.1) is 0 Å². The number of thiazole rings is 1. The second kappa shape index (κ2) is 5.77. The Kier molecular flexibility index (Phi) is 4.64. The fraction of sp³-hybridized carbons (Fsp3) is 0.455. The van der Waals surface area contributed by atoms with E-state index in [1.165, 1.54) is 0 Å². The number of hydrogen-bond donors (Lipinski definition) is 1. The molecule has 0 spiro atoms. The van der Waals surface area contributed by atoms with Crippen LogP contribution in [-0.2, 0) is 17.8 Å². The maximum Gasteiger partial charge on any atom is 0.328 e. The third kappa shape index (κ3) is 3.75. The number of hydrogen-bond acceptors (Lipinski definition) is 4. The highest BCUT2D eigenvalue weighted by Crippen LogP contribution is 2.21. The van der Waals surface area contributed by atoms with Crippen LogP contribution in [-0.4, -0.2) is 35.1 Å². The Labute approximate surface area is 99.2 Å². The summed E-state index contributed by atoms with van der Waals surface area (Å²) in [6.45, 7) is 2.81. The number of aliphatic carboxylic acids is 1. The highest BCUT2D eigenvalue weighted by Gasteiger charge is 2.08. The van der Waals surface area contributed by atoms with Crippen molar-refractivity contribution in [2.75, 3.05) is 14.1 Å². The van der Waals surface area contributed by atoms with Crippen LogP contribution >= 0.6 is 11.3 Å². The SMILES string of the molecule is CCc1nc(CN(C)C)sc1/C=C/C(=O)O. The summed E-state index contributed by atoms with van der Waals surface area (Å²) in [6.07, 6.45) is 3.60. The van der Waals surface area contributed by atoms with Crippen molar-refractivity contribution in [3.8, 4) is 0 Å². The van der Waals surface area contributed by atoms with Crippen molar-refractivity contribution in [1.29, 1.82) is 0 Å². The van der Waals surface area contributed by atoms with Crippen molar-refractivity contribution in [1.82, 2.24) is 9.88 Å². The Morgan fingerprint density at radius 2 is 2.25 bits per heavy atom. The Bertz CT molecular complexity index is 397. The van der Waals surface area contributed by atoms with Crippen molar-refractivity contribution >= 4 is 23.4 Å². The van der Waals surface area contributed by atoms with Crippen molar-refractivity contribution < 1.29 is 9.90 Å². The lowest BCUT2D eigenvalue weighted by molar-refractivity contribution is -0.131. The van der Waals surface area contributed by atoms with Gasteiger partial charge in [-0.1, -0.05) is 6.92 Å². The van der Waals surface area contributed by atoms with Gasteiger partial charge < -0.3 is 10.0 Å². The van der Waals surface area contributed by atoms with Gasteiger partial charge in [-0.3, -0.25) is 0 Å². The molecule has 0 amide bonds. The minimum atomic E-state index is -0.926. The molecule has 0 saturated heterocycles. The first-order valence-electron chi connectivity index (χ1n) is 5.07. The number of aromatic nitrogens is 1. The first-order valence-corrected chi connectivity index (χ1v) is 5.89. The lowest BCUT2D eigenvalue weighted by atomic mass is 10.3. The molecule has 0 radical (unpaired) electrons. The average molecular weight is 240 g/mol. The van der Waals surface area contributed by atoms with E-state index in [0.717, 1.165) is 34.6 Å². The van der Waals surface area contributed by atoms with Gasteiger partial charge in [-0.05, 0) is 26.6 Å². The van der Waals surface area contributed by atoms with Crippen molar-refractivity contribution in [3.05, 3.63) is 21.7 Å². The van der Waals surface area contributed by atoms with E-state index in [4.69, 9.17) is 5.11 Å². The zero-order chi connectivity index (χ0) is 12.1. The summed E-state index contributed by atoms with van der Waals surface area (Å²) in [7, 11) is 3.97. The number of carboxylic acid groups (broad SMARTS) is 1. The summed E-state index contributed by atoms with van der Waals surface area (Å²) < 4.78 is 0. The highest BCUT2D eigenvalue weighted by atomic mass is 32.1. The Morgan fingerprint density at radius 1 is 1.56 bits per heavy atom. The van der Waals surface area contributed by atoms with Crippen LogP contribution in [0.15, 0.2) is 6.08 Å². The molecule has 0 aromatic carbocycles. The van der Waals surface area contributed by atoms with Crippen LogP contribution in [0.5, 0.6) is 0 Å². The minimum absolute atomic E-state index is 0.790. The summed E-state index contributed by atoms with van der Waals surface area (Å²) in [5.41, 5.74) is 0.972. The zero-order valence-electron chi connectivity index (χ0n) is 9.73. The smallest absolute Gasteiger partial charge is 0.328 e. The second-order valence-electron chi connectivity index (χ2n) is 3.68. The van der Waals surface area contributed by atoms with Gasteiger partial charge in [0, 0.05) is 12.6 Å². The molecule has 0 fully saturated rings. The van der Waals surface area contributed by atoms with Crippen molar-refractivity contribution in [3.63, 3.8) is 0 Å². The summed E-state index contributed by atoms with van der Waals surface area (Å²) in [5.74, 6) is -0.926. The molecule has 5 heteroatoms. The molecule has 0 aliphatic rings. The molecule has 0 unspecified atom stereocenters. The van der Waals surface area contributed by atoms with E-state index in [2.05, 4.69) is 4.98 Å². The van der Waals surface area contributed by atoms with Gasteiger partial charge >= 0.3 is 5.97 Å². The molecule has 0 aliphatic carbocycles. The number of aryl methyl sites for hydroxylation is 1. The first-order chi connectivity index (χ1) is 7.52. The van der Waals surface area contributed by atoms with E-state index < -0.39 is 5.97 Å². The monoisotopic (exact) mass is 240 g/mol. The summed E-state index contributed by atoms with van der Waals surface area (Å²) in [4.78, 5) is 17.9. The largest absolute Gasteiger partial charge is 0.478 e. The molecule has 4 nitrogen and oxygen atoms in total. The van der Waals surface area contributed by atoms with Gasteiger partial charge in [0.2, 0.25) is 0 Å². The van der Waals surface area contributed by atoms with Crippen molar-refractivity contribution in [2.24, 2.45) is 0 Å². The minimum Gasteiger partial charge on any atom is -0.478 e. The molecule has 1 heterocycles. The normalized spacial score (nSPS) is 11.5. The molecule has 1 aromatic rings. The number of rotatable bonds is 5. The van der Waals surface area contributed by atoms with Gasteiger partial charge in [0.15, 0.2) is 0 Å². The van der Waals surface area contributed by atoms with Crippen LogP contribution in [0.3, 0.4) is 0 Å². The van der Waals surface area contributed by atoms with Crippen LogP contribution in [0.4, 0.5) is 0 Å². The molecule has 1 N–H and O–H groups in total. The maximum absolute atomic E-state index is 10.4. The molecule has 0 aliphatic heterocycles. The van der Waals surface area contributed by atoms with E-state index in [1.54, 1.807) is 17.4 Å². The predicted molar refractivity (Wildman–Crippen MR) is 65.6 cm³/mol. The van der Waals surface area contributed by atoms with E-state index in [1.807, 2.05) is 25.9 Å². The molecule has 1 aromatic heterocycles. The zero-order valence-corrected chi connectivity index (χ0v) is 10.5. The van der Waals surface area contributed by atoms with Gasteiger partial charge in [0.25, 0.3) is 0 Å². The summed E-state index contributed by atoms with van der Waals surface area (Å²) in [6, 6.07) is 0. The lowest BCUT2D eigenvalue weighted by Gasteiger charge is -2.04. The third-order valence-corrected chi connectivity index (χ3v) is 2.98. The van der Waals surface area contributed by atoms with Crippen LogP contribution in [0.25, 0.3) is 6.08 Å². The first kappa shape index (κ1) is 12.9. The maximum atomic E-state index is 10.4. The van der Waals surface area contributed by atoms with Crippen LogP contribution in [0.1, 0.15) is 22.5 Å².